The maximum atomic E-state index is 11.9. The van der Waals surface area contributed by atoms with Gasteiger partial charge in [0, 0.05) is 32.1 Å². The number of nitrogens with one attached hydrogen (secondary N) is 2. The van der Waals surface area contributed by atoms with Crippen LogP contribution in [0.3, 0.4) is 0 Å². The molecule has 0 atom stereocenters. The number of piperidine rings is 1. The average molecular weight is 275 g/mol. The summed E-state index contributed by atoms with van der Waals surface area (Å²) in [6, 6.07) is 0. The number of amides is 1. The molecule has 104 valence electrons. The molecule has 0 bridgehead atoms. The topological polar surface area (TPSA) is 78.5 Å². The molecule has 0 unspecified atom stereocenters. The first kappa shape index (κ1) is 13.8. The highest BCUT2D eigenvalue weighted by molar-refractivity contribution is 7.87. The molecule has 2 aliphatic rings. The Morgan fingerprint density at radius 1 is 1.11 bits per heavy atom. The monoisotopic (exact) mass is 275 g/mol. The fraction of sp³-hybridized carbons (Fsp3) is 0.909. The van der Waals surface area contributed by atoms with Crippen LogP contribution in [0.4, 0.5) is 0 Å². The van der Waals surface area contributed by atoms with Crippen LogP contribution in [-0.2, 0) is 15.0 Å². The molecular formula is C11H21N3O3S. The molecule has 2 fully saturated rings. The predicted molar refractivity (Wildman–Crippen MR) is 68.1 cm³/mol. The Balaban J connectivity index is 1.66. The summed E-state index contributed by atoms with van der Waals surface area (Å²) in [5.74, 6) is 0.218. The molecule has 2 N–H and O–H groups in total. The Kier molecular flexibility index (Phi) is 4.58. The van der Waals surface area contributed by atoms with Crippen molar-refractivity contribution in [3.8, 4) is 0 Å². The van der Waals surface area contributed by atoms with Crippen LogP contribution in [0.2, 0.25) is 0 Å². The zero-order chi connectivity index (χ0) is 13.0. The Hall–Kier alpha value is -0.660. The lowest BCUT2D eigenvalue weighted by Crippen LogP contribution is -2.45. The fourth-order valence-electron chi connectivity index (χ4n) is 2.05. The average Bonchev–Trinajstić information content (AvgIpc) is 3.20. The minimum absolute atomic E-state index is 0.0483. The number of nitrogens with zero attached hydrogens (tertiary/aromatic N) is 1. The van der Waals surface area contributed by atoms with Crippen LogP contribution in [0.25, 0.3) is 0 Å². The second-order valence-corrected chi connectivity index (χ2v) is 6.68. The van der Waals surface area contributed by atoms with E-state index >= 15 is 0 Å². The number of hydrogen-bond acceptors (Lipinski definition) is 3. The van der Waals surface area contributed by atoms with E-state index in [1.54, 1.807) is 0 Å². The highest BCUT2D eigenvalue weighted by atomic mass is 32.2. The molecule has 1 saturated carbocycles. The highest BCUT2D eigenvalue weighted by Gasteiger charge is 2.29. The lowest BCUT2D eigenvalue weighted by molar-refractivity contribution is -0.122. The van der Waals surface area contributed by atoms with Gasteiger partial charge in [0.05, 0.1) is 0 Å². The minimum Gasteiger partial charge on any atom is -0.355 e. The summed E-state index contributed by atoms with van der Waals surface area (Å²) in [4.78, 5) is 11.3. The minimum atomic E-state index is -3.35. The van der Waals surface area contributed by atoms with Gasteiger partial charge in [0.2, 0.25) is 5.91 Å². The largest absolute Gasteiger partial charge is 0.355 e. The molecule has 7 heteroatoms. The summed E-state index contributed by atoms with van der Waals surface area (Å²) in [6.45, 7) is 1.83. The van der Waals surface area contributed by atoms with Crippen LogP contribution in [0, 0.1) is 5.92 Å². The van der Waals surface area contributed by atoms with Gasteiger partial charge in [-0.25, -0.2) is 4.72 Å². The van der Waals surface area contributed by atoms with E-state index < -0.39 is 10.2 Å². The van der Waals surface area contributed by atoms with Crippen molar-refractivity contribution in [1.82, 2.24) is 14.3 Å². The summed E-state index contributed by atoms with van der Waals surface area (Å²) in [7, 11) is -3.35. The number of carbonyl (C=O) groups is 1. The van der Waals surface area contributed by atoms with Crippen molar-refractivity contribution in [2.75, 3.05) is 26.2 Å². The van der Waals surface area contributed by atoms with Crippen molar-refractivity contribution in [3.63, 3.8) is 0 Å². The molecule has 18 heavy (non-hydrogen) atoms. The van der Waals surface area contributed by atoms with Crippen LogP contribution >= 0.6 is 0 Å². The summed E-state index contributed by atoms with van der Waals surface area (Å²) >= 11 is 0. The predicted octanol–water partition coefficient (Wildman–Crippen LogP) is -0.167. The van der Waals surface area contributed by atoms with Crippen molar-refractivity contribution in [3.05, 3.63) is 0 Å². The van der Waals surface area contributed by atoms with Crippen molar-refractivity contribution >= 4 is 16.1 Å². The van der Waals surface area contributed by atoms with Crippen LogP contribution < -0.4 is 10.0 Å². The van der Waals surface area contributed by atoms with Gasteiger partial charge >= 0.3 is 0 Å². The fourth-order valence-corrected chi connectivity index (χ4v) is 3.33. The highest BCUT2D eigenvalue weighted by Crippen LogP contribution is 2.28. The second-order valence-electron chi connectivity index (χ2n) is 4.92. The van der Waals surface area contributed by atoms with E-state index in [0.717, 1.165) is 32.1 Å². The van der Waals surface area contributed by atoms with E-state index in [1.807, 2.05) is 0 Å². The lowest BCUT2D eigenvalue weighted by atomic mass is 10.2. The van der Waals surface area contributed by atoms with Gasteiger partial charge in [-0.2, -0.15) is 12.7 Å². The second kappa shape index (κ2) is 5.99. The molecule has 6 nitrogen and oxygen atoms in total. The molecule has 1 aliphatic heterocycles. The van der Waals surface area contributed by atoms with Crippen molar-refractivity contribution < 1.29 is 13.2 Å². The third-order valence-corrected chi connectivity index (χ3v) is 4.93. The maximum Gasteiger partial charge on any atom is 0.279 e. The van der Waals surface area contributed by atoms with E-state index in [0.29, 0.717) is 19.6 Å². The molecule has 1 saturated heterocycles. The van der Waals surface area contributed by atoms with E-state index in [2.05, 4.69) is 10.0 Å². The van der Waals surface area contributed by atoms with Crippen LogP contribution in [0.5, 0.6) is 0 Å². The molecular weight excluding hydrogens is 254 g/mol. The van der Waals surface area contributed by atoms with Crippen molar-refractivity contribution in [2.24, 2.45) is 5.92 Å². The number of rotatable bonds is 6. The molecule has 0 radical (unpaired) electrons. The van der Waals surface area contributed by atoms with E-state index in [-0.39, 0.29) is 18.4 Å². The molecule has 2 rings (SSSR count). The molecule has 0 aromatic heterocycles. The van der Waals surface area contributed by atoms with Crippen LogP contribution in [-0.4, -0.2) is 44.8 Å². The zero-order valence-electron chi connectivity index (χ0n) is 10.5. The normalized spacial score (nSPS) is 21.8. The first-order valence-electron chi connectivity index (χ1n) is 6.62. The van der Waals surface area contributed by atoms with E-state index in [1.165, 1.54) is 4.31 Å². The Morgan fingerprint density at radius 2 is 1.78 bits per heavy atom. The Labute approximate surface area is 108 Å². The smallest absolute Gasteiger partial charge is 0.279 e. The van der Waals surface area contributed by atoms with Gasteiger partial charge in [0.25, 0.3) is 10.2 Å². The molecule has 1 amide bonds. The van der Waals surface area contributed by atoms with Gasteiger partial charge in [-0.3, -0.25) is 4.79 Å². The lowest BCUT2D eigenvalue weighted by Gasteiger charge is -2.25. The molecule has 1 aliphatic carbocycles. The first-order valence-corrected chi connectivity index (χ1v) is 8.06. The molecule has 0 spiro atoms. The van der Waals surface area contributed by atoms with Gasteiger partial charge in [-0.05, 0) is 25.7 Å². The summed E-state index contributed by atoms with van der Waals surface area (Å²) < 4.78 is 27.8. The van der Waals surface area contributed by atoms with Gasteiger partial charge < -0.3 is 5.32 Å². The Bertz CT molecular complexity index is 386. The maximum absolute atomic E-state index is 11.9. The SMILES string of the molecule is O=C(NCCNS(=O)(=O)N1CCCCC1)C1CC1. The standard InChI is InChI=1S/C11H21N3O3S/c15-11(10-4-5-10)12-6-7-13-18(16,17)14-8-2-1-3-9-14/h10,13H,1-9H2,(H,12,15). The first-order chi connectivity index (χ1) is 8.59. The summed E-state index contributed by atoms with van der Waals surface area (Å²) in [5, 5.41) is 2.74. The number of hydrogen-bond donors (Lipinski definition) is 2. The van der Waals surface area contributed by atoms with Gasteiger partial charge in [-0.1, -0.05) is 6.42 Å². The molecule has 0 aromatic rings. The zero-order valence-corrected chi connectivity index (χ0v) is 11.3. The van der Waals surface area contributed by atoms with Crippen molar-refractivity contribution in [2.45, 2.75) is 32.1 Å². The van der Waals surface area contributed by atoms with Crippen LogP contribution in [0.1, 0.15) is 32.1 Å². The van der Waals surface area contributed by atoms with E-state index in [4.69, 9.17) is 0 Å². The van der Waals surface area contributed by atoms with Crippen molar-refractivity contribution in [1.29, 1.82) is 0 Å². The Morgan fingerprint density at radius 3 is 2.39 bits per heavy atom. The third kappa shape index (κ3) is 3.93. The molecule has 0 aromatic carbocycles. The summed E-state index contributed by atoms with van der Waals surface area (Å²) in [5.41, 5.74) is 0. The van der Waals surface area contributed by atoms with Gasteiger partial charge in [0.1, 0.15) is 0 Å². The summed E-state index contributed by atoms with van der Waals surface area (Å²) in [6.07, 6.45) is 4.89. The van der Waals surface area contributed by atoms with Gasteiger partial charge in [-0.15, -0.1) is 0 Å². The van der Waals surface area contributed by atoms with Gasteiger partial charge in [0.15, 0.2) is 0 Å². The van der Waals surface area contributed by atoms with Crippen LogP contribution in [0.15, 0.2) is 0 Å². The molecule has 1 heterocycles. The quantitative estimate of drug-likeness (QED) is 0.661. The van der Waals surface area contributed by atoms with E-state index in [9.17, 15) is 13.2 Å². The number of carbonyl (C=O) groups excluding carboxylic acids is 1. The third-order valence-electron chi connectivity index (χ3n) is 3.31.